The number of phenols is 1. The SMILES string of the molecule is N#Cc1ccc(O)c([N+](=O)[O-])c1Br. The van der Waals surface area contributed by atoms with Crippen molar-refractivity contribution in [2.75, 3.05) is 0 Å². The number of phenolic OH excluding ortho intramolecular Hbond substituents is 1. The van der Waals surface area contributed by atoms with Crippen LogP contribution < -0.4 is 0 Å². The highest BCUT2D eigenvalue weighted by atomic mass is 79.9. The third kappa shape index (κ3) is 1.60. The average Bonchev–Trinajstić information content (AvgIpc) is 2.04. The number of rotatable bonds is 1. The van der Waals surface area contributed by atoms with Gasteiger partial charge in [0.15, 0.2) is 5.75 Å². The fourth-order valence-corrected chi connectivity index (χ4v) is 1.38. The fourth-order valence-electron chi connectivity index (χ4n) is 0.814. The van der Waals surface area contributed by atoms with Gasteiger partial charge >= 0.3 is 5.69 Å². The second kappa shape index (κ2) is 3.41. The molecule has 1 aromatic rings. The van der Waals surface area contributed by atoms with Crippen LogP contribution in [0.25, 0.3) is 0 Å². The molecule has 66 valence electrons. The molecule has 0 unspecified atom stereocenters. The Morgan fingerprint density at radius 2 is 2.23 bits per heavy atom. The van der Waals surface area contributed by atoms with Gasteiger partial charge in [0.25, 0.3) is 0 Å². The van der Waals surface area contributed by atoms with E-state index in [2.05, 4.69) is 15.9 Å². The van der Waals surface area contributed by atoms with Crippen molar-refractivity contribution < 1.29 is 10.0 Å². The van der Waals surface area contributed by atoms with Gasteiger partial charge in [-0.1, -0.05) is 0 Å². The highest BCUT2D eigenvalue weighted by Crippen LogP contribution is 2.35. The monoisotopic (exact) mass is 242 g/mol. The number of hydrogen-bond donors (Lipinski definition) is 1. The number of aromatic hydroxyl groups is 1. The molecule has 0 saturated heterocycles. The highest BCUT2D eigenvalue weighted by Gasteiger charge is 2.20. The van der Waals surface area contributed by atoms with Crippen molar-refractivity contribution in [2.45, 2.75) is 0 Å². The first-order valence-electron chi connectivity index (χ1n) is 3.14. The summed E-state index contributed by atoms with van der Waals surface area (Å²) >= 11 is 2.87. The zero-order valence-electron chi connectivity index (χ0n) is 6.19. The molecule has 1 aromatic carbocycles. The van der Waals surface area contributed by atoms with Crippen LogP contribution in [-0.2, 0) is 0 Å². The molecule has 0 fully saturated rings. The fraction of sp³-hybridized carbons (Fsp3) is 0. The maximum atomic E-state index is 10.4. The average molecular weight is 243 g/mol. The number of halogens is 1. The maximum absolute atomic E-state index is 10.4. The smallest absolute Gasteiger partial charge is 0.326 e. The standard InChI is InChI=1S/C7H3BrN2O3/c8-6-4(3-9)1-2-5(11)7(6)10(12)13/h1-2,11H. The van der Waals surface area contributed by atoms with Crippen LogP contribution in [0.1, 0.15) is 5.56 Å². The van der Waals surface area contributed by atoms with Crippen LogP contribution >= 0.6 is 15.9 Å². The second-order valence-corrected chi connectivity index (χ2v) is 2.96. The summed E-state index contributed by atoms with van der Waals surface area (Å²) < 4.78 is 0.000000000000000444. The van der Waals surface area contributed by atoms with E-state index in [1.807, 2.05) is 0 Å². The normalized spacial score (nSPS) is 9.23. The largest absolute Gasteiger partial charge is 0.502 e. The molecule has 0 aromatic heterocycles. The van der Waals surface area contributed by atoms with Crippen LogP contribution in [0.2, 0.25) is 0 Å². The lowest BCUT2D eigenvalue weighted by molar-refractivity contribution is -0.386. The lowest BCUT2D eigenvalue weighted by Crippen LogP contribution is -1.92. The van der Waals surface area contributed by atoms with Gasteiger partial charge in [0.05, 0.1) is 10.5 Å². The summed E-state index contributed by atoms with van der Waals surface area (Å²) in [6.45, 7) is 0. The lowest BCUT2D eigenvalue weighted by Gasteiger charge is -1.99. The molecule has 0 bridgehead atoms. The number of nitriles is 1. The summed E-state index contributed by atoms with van der Waals surface area (Å²) in [5.74, 6) is -0.462. The van der Waals surface area contributed by atoms with E-state index in [-0.39, 0.29) is 10.0 Å². The second-order valence-electron chi connectivity index (χ2n) is 2.16. The van der Waals surface area contributed by atoms with Gasteiger partial charge in [-0.15, -0.1) is 0 Å². The Morgan fingerprint density at radius 1 is 1.62 bits per heavy atom. The third-order valence-corrected chi connectivity index (χ3v) is 2.20. The van der Waals surface area contributed by atoms with E-state index < -0.39 is 16.4 Å². The quantitative estimate of drug-likeness (QED) is 0.602. The Balaban J connectivity index is 3.50. The molecular formula is C7H3BrN2O3. The first kappa shape index (κ1) is 9.48. The van der Waals surface area contributed by atoms with Gasteiger partial charge in [0.2, 0.25) is 0 Å². The lowest BCUT2D eigenvalue weighted by atomic mass is 10.2. The number of nitro groups is 1. The van der Waals surface area contributed by atoms with E-state index in [4.69, 9.17) is 10.4 Å². The van der Waals surface area contributed by atoms with E-state index in [1.165, 1.54) is 6.07 Å². The Bertz CT molecular complexity index is 411. The van der Waals surface area contributed by atoms with Crippen molar-refractivity contribution >= 4 is 21.6 Å². The Labute approximate surface area is 81.5 Å². The zero-order chi connectivity index (χ0) is 10.0. The van der Waals surface area contributed by atoms with Crippen molar-refractivity contribution in [3.05, 3.63) is 32.3 Å². The first-order valence-corrected chi connectivity index (χ1v) is 3.93. The van der Waals surface area contributed by atoms with Crippen molar-refractivity contribution in [1.82, 2.24) is 0 Å². The molecule has 1 N–H and O–H groups in total. The minimum Gasteiger partial charge on any atom is -0.502 e. The number of nitrogens with zero attached hydrogens (tertiary/aromatic N) is 2. The Morgan fingerprint density at radius 3 is 2.69 bits per heavy atom. The summed E-state index contributed by atoms with van der Waals surface area (Å²) in [7, 11) is 0. The molecule has 0 aliphatic rings. The van der Waals surface area contributed by atoms with E-state index in [0.29, 0.717) is 0 Å². The predicted octanol–water partition coefficient (Wildman–Crippen LogP) is 1.93. The van der Waals surface area contributed by atoms with Crippen LogP contribution in [0.5, 0.6) is 5.75 Å². The number of hydrogen-bond acceptors (Lipinski definition) is 4. The molecule has 1 rings (SSSR count). The van der Waals surface area contributed by atoms with Crippen LogP contribution in [0.15, 0.2) is 16.6 Å². The van der Waals surface area contributed by atoms with Gasteiger partial charge < -0.3 is 5.11 Å². The van der Waals surface area contributed by atoms with Crippen LogP contribution in [0.4, 0.5) is 5.69 Å². The molecule has 13 heavy (non-hydrogen) atoms. The van der Waals surface area contributed by atoms with Crippen LogP contribution in [0, 0.1) is 21.4 Å². The molecule has 0 aliphatic carbocycles. The Kier molecular flexibility index (Phi) is 2.49. The van der Waals surface area contributed by atoms with Gasteiger partial charge in [0, 0.05) is 0 Å². The summed E-state index contributed by atoms with van der Waals surface area (Å²) in [5.41, 5.74) is -0.372. The van der Waals surface area contributed by atoms with E-state index in [1.54, 1.807) is 6.07 Å². The van der Waals surface area contributed by atoms with E-state index >= 15 is 0 Å². The summed E-state index contributed by atoms with van der Waals surface area (Å²) in [5, 5.41) is 28.0. The zero-order valence-corrected chi connectivity index (χ0v) is 7.78. The molecule has 0 spiro atoms. The molecule has 0 radical (unpaired) electrons. The van der Waals surface area contributed by atoms with Crippen molar-refractivity contribution in [2.24, 2.45) is 0 Å². The molecule has 6 heteroatoms. The molecule has 5 nitrogen and oxygen atoms in total. The molecule has 0 heterocycles. The molecule has 0 saturated carbocycles. The van der Waals surface area contributed by atoms with Gasteiger partial charge in [-0.2, -0.15) is 5.26 Å². The topological polar surface area (TPSA) is 87.2 Å². The number of benzene rings is 1. The molecule has 0 aliphatic heterocycles. The van der Waals surface area contributed by atoms with Crippen molar-refractivity contribution in [3.8, 4) is 11.8 Å². The van der Waals surface area contributed by atoms with Gasteiger partial charge in [-0.25, -0.2) is 0 Å². The summed E-state index contributed by atoms with van der Waals surface area (Å²) in [6.07, 6.45) is 0. The summed E-state index contributed by atoms with van der Waals surface area (Å²) in [4.78, 5) is 9.67. The van der Waals surface area contributed by atoms with Gasteiger partial charge in [-0.05, 0) is 28.1 Å². The number of nitro benzene ring substituents is 1. The predicted molar refractivity (Wildman–Crippen MR) is 47.2 cm³/mol. The van der Waals surface area contributed by atoms with Crippen LogP contribution in [-0.4, -0.2) is 10.0 Å². The highest BCUT2D eigenvalue weighted by molar-refractivity contribution is 9.10. The maximum Gasteiger partial charge on any atom is 0.326 e. The van der Waals surface area contributed by atoms with Gasteiger partial charge in [-0.3, -0.25) is 10.1 Å². The minimum absolute atomic E-state index is 0.000000000000000444. The third-order valence-electron chi connectivity index (χ3n) is 1.40. The van der Waals surface area contributed by atoms with Crippen molar-refractivity contribution in [1.29, 1.82) is 5.26 Å². The van der Waals surface area contributed by atoms with E-state index in [0.717, 1.165) is 6.07 Å². The molecule has 0 amide bonds. The van der Waals surface area contributed by atoms with Crippen LogP contribution in [0.3, 0.4) is 0 Å². The van der Waals surface area contributed by atoms with Gasteiger partial charge in [0.1, 0.15) is 10.5 Å². The van der Waals surface area contributed by atoms with E-state index in [9.17, 15) is 10.1 Å². The van der Waals surface area contributed by atoms with Crippen molar-refractivity contribution in [3.63, 3.8) is 0 Å². The first-order chi connectivity index (χ1) is 6.07. The molecular weight excluding hydrogens is 240 g/mol. The minimum atomic E-state index is -0.750. The summed E-state index contributed by atoms with van der Waals surface area (Å²) in [6, 6.07) is 4.17. The molecule has 0 atom stereocenters. The Hall–Kier alpha value is -1.61.